The van der Waals surface area contributed by atoms with Crippen molar-refractivity contribution in [3.8, 4) is 0 Å². The first-order chi connectivity index (χ1) is 20.2. The van der Waals surface area contributed by atoms with Gasteiger partial charge in [-0.1, -0.05) is 29.3 Å². The van der Waals surface area contributed by atoms with E-state index in [4.69, 9.17) is 27.9 Å². The lowest BCUT2D eigenvalue weighted by molar-refractivity contribution is -0.143. The van der Waals surface area contributed by atoms with E-state index in [-0.39, 0.29) is 35.6 Å². The number of likely N-dealkylation sites (tertiary alicyclic amines) is 1. The molecular formula is C28H25Cl2F6N3O5. The monoisotopic (exact) mass is 667 g/mol. The molecule has 8 nitrogen and oxygen atoms in total. The van der Waals surface area contributed by atoms with Gasteiger partial charge in [-0.15, -0.1) is 0 Å². The highest BCUT2D eigenvalue weighted by molar-refractivity contribution is 6.42. The van der Waals surface area contributed by atoms with E-state index in [0.29, 0.717) is 22.6 Å². The molecule has 0 radical (unpaired) electrons. The zero-order valence-corrected chi connectivity index (χ0v) is 24.9. The summed E-state index contributed by atoms with van der Waals surface area (Å²) in [6.45, 7) is 2.00. The molecule has 238 valence electrons. The minimum atomic E-state index is -5.15. The molecule has 4 rings (SSSR count). The molecule has 2 aliphatic rings. The number of alkyl halides is 6. The molecule has 0 spiro atoms. The molecule has 0 saturated carbocycles. The molecule has 0 aromatic heterocycles. The molecule has 2 aromatic carbocycles. The van der Waals surface area contributed by atoms with Crippen LogP contribution in [0.1, 0.15) is 53.2 Å². The van der Waals surface area contributed by atoms with E-state index in [1.54, 1.807) is 6.07 Å². The van der Waals surface area contributed by atoms with Crippen molar-refractivity contribution in [1.82, 2.24) is 14.7 Å². The first kappa shape index (κ1) is 33.4. The van der Waals surface area contributed by atoms with Crippen molar-refractivity contribution in [2.24, 2.45) is 0 Å². The highest BCUT2D eigenvalue weighted by Crippen LogP contribution is 2.38. The Morgan fingerprint density at radius 1 is 0.977 bits per heavy atom. The van der Waals surface area contributed by atoms with Crippen molar-refractivity contribution in [3.63, 3.8) is 0 Å². The number of hydrogen-bond acceptors (Lipinski definition) is 5. The van der Waals surface area contributed by atoms with E-state index >= 15 is 0 Å². The maximum atomic E-state index is 13.5. The van der Waals surface area contributed by atoms with Crippen LogP contribution in [0.15, 0.2) is 36.4 Å². The van der Waals surface area contributed by atoms with Gasteiger partial charge in [0.25, 0.3) is 11.8 Å². The van der Waals surface area contributed by atoms with Gasteiger partial charge in [0.05, 0.1) is 21.2 Å². The molecule has 2 atom stereocenters. The van der Waals surface area contributed by atoms with Gasteiger partial charge in [0.15, 0.2) is 5.60 Å². The highest BCUT2D eigenvalue weighted by Gasteiger charge is 2.48. The van der Waals surface area contributed by atoms with Gasteiger partial charge in [-0.25, -0.2) is 9.69 Å². The number of halogens is 8. The Labute approximate surface area is 257 Å². The topological polar surface area (TPSA) is 87.2 Å². The zero-order valence-electron chi connectivity index (χ0n) is 23.4. The number of imide groups is 1. The van der Waals surface area contributed by atoms with E-state index in [0.717, 1.165) is 4.90 Å². The van der Waals surface area contributed by atoms with E-state index in [1.165, 1.54) is 37.9 Å². The van der Waals surface area contributed by atoms with Crippen LogP contribution in [-0.4, -0.2) is 76.8 Å². The van der Waals surface area contributed by atoms with E-state index in [1.807, 2.05) is 0 Å². The van der Waals surface area contributed by atoms with E-state index in [9.17, 15) is 45.5 Å². The first-order valence-corrected chi connectivity index (χ1v) is 13.8. The molecule has 0 N–H and O–H groups in total. The molecule has 2 aromatic rings. The molecule has 2 heterocycles. The van der Waals surface area contributed by atoms with Crippen LogP contribution in [-0.2, 0) is 26.7 Å². The van der Waals surface area contributed by atoms with Gasteiger partial charge in [-0.2, -0.15) is 26.3 Å². The average molecular weight is 668 g/mol. The molecule has 0 aliphatic carbocycles. The number of nitrogens with zero attached hydrogens (tertiary/aromatic N) is 3. The molecule has 44 heavy (non-hydrogen) atoms. The number of benzene rings is 2. The largest absolute Gasteiger partial charge is 0.433 e. The number of carbonyl (C=O) groups excluding carboxylic acids is 4. The van der Waals surface area contributed by atoms with Crippen molar-refractivity contribution in [1.29, 1.82) is 0 Å². The molecular weight excluding hydrogens is 643 g/mol. The quantitative estimate of drug-likeness (QED) is 0.352. The lowest BCUT2D eigenvalue weighted by atomic mass is 9.84. The molecule has 0 bridgehead atoms. The Morgan fingerprint density at radius 3 is 2.07 bits per heavy atom. The summed E-state index contributed by atoms with van der Waals surface area (Å²) >= 11 is 12.3. The maximum absolute atomic E-state index is 13.5. The minimum absolute atomic E-state index is 0.0181. The Hall–Kier alpha value is -3.52. The van der Waals surface area contributed by atoms with Crippen molar-refractivity contribution >= 4 is 47.0 Å². The highest BCUT2D eigenvalue weighted by atomic mass is 35.5. The Kier molecular flexibility index (Phi) is 8.93. The molecule has 2 fully saturated rings. The lowest BCUT2D eigenvalue weighted by Crippen LogP contribution is -2.54. The number of amides is 4. The van der Waals surface area contributed by atoms with Gasteiger partial charge in [0, 0.05) is 37.7 Å². The van der Waals surface area contributed by atoms with E-state index < -0.39 is 77.0 Å². The minimum Gasteiger partial charge on any atom is -0.433 e. The van der Waals surface area contributed by atoms with Gasteiger partial charge >= 0.3 is 18.4 Å². The van der Waals surface area contributed by atoms with Crippen LogP contribution in [0.25, 0.3) is 0 Å². The van der Waals surface area contributed by atoms with Gasteiger partial charge in [-0.3, -0.25) is 14.4 Å². The standard InChI is InChI=1S/C28H25Cl2F6N3O5/c1-26(2)24(42)39(25(43)44-26)13-22(40)38-7-6-21(18(12-38)14-4-5-19(29)20(30)10-14)37(3)23(41)15-8-16(27(31,32)33)11-17(9-15)28(34,35)36/h4-5,8-11,18,21H,6-7,12-13H2,1-3H3/t18-,21+/m0/s1. The van der Waals surface area contributed by atoms with Gasteiger partial charge in [-0.05, 0) is 56.2 Å². The Balaban J connectivity index is 1.65. The normalized spacial score (nSPS) is 20.5. The zero-order chi connectivity index (χ0) is 32.9. The van der Waals surface area contributed by atoms with Gasteiger partial charge in [0.2, 0.25) is 5.91 Å². The van der Waals surface area contributed by atoms with Crippen LogP contribution in [0.2, 0.25) is 10.0 Å². The van der Waals surface area contributed by atoms with Crippen LogP contribution in [0.3, 0.4) is 0 Å². The first-order valence-electron chi connectivity index (χ1n) is 13.0. The Morgan fingerprint density at radius 2 is 1.57 bits per heavy atom. The second kappa shape index (κ2) is 11.8. The van der Waals surface area contributed by atoms with Gasteiger partial charge < -0.3 is 14.5 Å². The number of likely N-dealkylation sites (N-methyl/N-ethyl adjacent to an activating group) is 1. The lowest BCUT2D eigenvalue weighted by Gasteiger charge is -2.43. The number of rotatable bonds is 5. The fourth-order valence-corrected chi connectivity index (χ4v) is 5.54. The van der Waals surface area contributed by atoms with Crippen LogP contribution in [0.5, 0.6) is 0 Å². The van der Waals surface area contributed by atoms with Gasteiger partial charge in [0.1, 0.15) is 6.54 Å². The van der Waals surface area contributed by atoms with Crippen LogP contribution < -0.4 is 0 Å². The molecule has 16 heteroatoms. The summed E-state index contributed by atoms with van der Waals surface area (Å²) in [6.07, 6.45) is -11.3. The van der Waals surface area contributed by atoms with Crippen molar-refractivity contribution in [2.75, 3.05) is 26.7 Å². The summed E-state index contributed by atoms with van der Waals surface area (Å²) in [5.74, 6) is -3.19. The number of cyclic esters (lactones) is 1. The smallest absolute Gasteiger partial charge is 0.418 e. The summed E-state index contributed by atoms with van der Waals surface area (Å²) in [7, 11) is 1.24. The third-order valence-electron chi connectivity index (χ3n) is 7.57. The summed E-state index contributed by atoms with van der Waals surface area (Å²) in [5, 5.41) is 0.318. The molecule has 2 aliphatic heterocycles. The second-order valence-corrected chi connectivity index (χ2v) is 11.8. The molecule has 2 saturated heterocycles. The second-order valence-electron chi connectivity index (χ2n) is 11.0. The number of hydrogen-bond donors (Lipinski definition) is 0. The Bertz CT molecular complexity index is 1480. The average Bonchev–Trinajstić information content (AvgIpc) is 3.13. The number of carbonyl (C=O) groups is 4. The van der Waals surface area contributed by atoms with Crippen LogP contribution in [0.4, 0.5) is 31.1 Å². The van der Waals surface area contributed by atoms with Crippen molar-refractivity contribution in [3.05, 3.63) is 68.7 Å². The fraction of sp³-hybridized carbons (Fsp3) is 0.429. The SMILES string of the molecule is CN(C(=O)c1cc(C(F)(F)F)cc(C(F)(F)F)c1)[C@@H]1CCN(C(=O)CN2C(=O)OC(C)(C)C2=O)C[C@H]1c1ccc(Cl)c(Cl)c1. The van der Waals surface area contributed by atoms with Crippen molar-refractivity contribution in [2.45, 2.75) is 50.2 Å². The maximum Gasteiger partial charge on any atom is 0.418 e. The third kappa shape index (κ3) is 6.75. The summed E-state index contributed by atoms with van der Waals surface area (Å²) in [5.41, 5.74) is -5.08. The number of ether oxygens (including phenoxy) is 1. The summed E-state index contributed by atoms with van der Waals surface area (Å²) in [4.78, 5) is 54.4. The van der Waals surface area contributed by atoms with Crippen LogP contribution >= 0.6 is 23.2 Å². The summed E-state index contributed by atoms with van der Waals surface area (Å²) in [6, 6.07) is 4.31. The predicted octanol–water partition coefficient (Wildman–Crippen LogP) is 6.25. The van der Waals surface area contributed by atoms with Crippen molar-refractivity contribution < 1.29 is 50.3 Å². The molecule has 0 unspecified atom stereocenters. The molecule has 4 amide bonds. The predicted molar refractivity (Wildman–Crippen MR) is 145 cm³/mol. The summed E-state index contributed by atoms with van der Waals surface area (Å²) < 4.78 is 85.8. The third-order valence-corrected chi connectivity index (χ3v) is 8.31. The number of piperidine rings is 1. The van der Waals surface area contributed by atoms with Crippen LogP contribution in [0, 0.1) is 0 Å². The van der Waals surface area contributed by atoms with E-state index in [2.05, 4.69) is 0 Å². The fourth-order valence-electron chi connectivity index (χ4n) is 5.23.